The average molecular weight is 478 g/mol. The van der Waals surface area contributed by atoms with Crippen LogP contribution < -0.4 is 14.8 Å². The Hall–Kier alpha value is -3.94. The molecule has 0 saturated carbocycles. The van der Waals surface area contributed by atoms with Crippen LogP contribution in [0.4, 0.5) is 4.39 Å². The fourth-order valence-corrected chi connectivity index (χ4v) is 3.88. The summed E-state index contributed by atoms with van der Waals surface area (Å²) in [5.74, 6) is 0.956. The van der Waals surface area contributed by atoms with E-state index in [-0.39, 0.29) is 30.0 Å². The molecule has 0 radical (unpaired) electrons. The number of carbonyl (C=O) groups excluding carboxylic acids is 2. The Morgan fingerprint density at radius 1 is 1.03 bits per heavy atom. The minimum Gasteiger partial charge on any atom is -0.493 e. The van der Waals surface area contributed by atoms with Crippen LogP contribution in [0.5, 0.6) is 17.4 Å². The van der Waals surface area contributed by atoms with E-state index in [9.17, 15) is 14.0 Å². The van der Waals surface area contributed by atoms with Crippen molar-refractivity contribution in [3.05, 3.63) is 84.3 Å². The number of amides is 2. The summed E-state index contributed by atoms with van der Waals surface area (Å²) in [6.45, 7) is 1.72. The van der Waals surface area contributed by atoms with Gasteiger partial charge in [-0.2, -0.15) is 0 Å². The molecule has 1 aliphatic heterocycles. The van der Waals surface area contributed by atoms with Crippen LogP contribution in [0, 0.1) is 11.7 Å². The smallest absolute Gasteiger partial charge is 0.226 e. The first-order valence-corrected chi connectivity index (χ1v) is 11.7. The highest BCUT2D eigenvalue weighted by Gasteiger charge is 2.28. The molecule has 2 heterocycles. The molecule has 3 aromatic rings. The van der Waals surface area contributed by atoms with Gasteiger partial charge in [0.25, 0.3) is 0 Å². The molecule has 4 rings (SSSR count). The number of aromatic nitrogens is 1. The van der Waals surface area contributed by atoms with Crippen LogP contribution in [-0.2, 0) is 16.1 Å². The summed E-state index contributed by atoms with van der Waals surface area (Å²) in [5.41, 5.74) is 0.826. The van der Waals surface area contributed by atoms with E-state index in [1.165, 1.54) is 24.3 Å². The first kappa shape index (κ1) is 24.2. The van der Waals surface area contributed by atoms with Gasteiger partial charge in [-0.3, -0.25) is 9.59 Å². The minimum atomic E-state index is -0.334. The van der Waals surface area contributed by atoms with Crippen molar-refractivity contribution in [2.45, 2.75) is 25.8 Å². The average Bonchev–Trinajstić information content (AvgIpc) is 2.90. The summed E-state index contributed by atoms with van der Waals surface area (Å²) in [6.07, 6.45) is 3.45. The zero-order valence-corrected chi connectivity index (χ0v) is 19.4. The largest absolute Gasteiger partial charge is 0.493 e. The molecule has 1 saturated heterocycles. The van der Waals surface area contributed by atoms with Gasteiger partial charge in [0.2, 0.25) is 17.7 Å². The third-order valence-electron chi connectivity index (χ3n) is 5.77. The molecule has 1 aliphatic rings. The number of pyridine rings is 1. The highest BCUT2D eigenvalue weighted by Crippen LogP contribution is 2.20. The maximum atomic E-state index is 13.0. The Morgan fingerprint density at radius 3 is 2.57 bits per heavy atom. The van der Waals surface area contributed by atoms with Gasteiger partial charge >= 0.3 is 0 Å². The number of nitrogens with one attached hydrogen (secondary N) is 1. The topological polar surface area (TPSA) is 80.8 Å². The third kappa shape index (κ3) is 7.27. The van der Waals surface area contributed by atoms with Crippen molar-refractivity contribution in [1.29, 1.82) is 0 Å². The molecule has 0 bridgehead atoms. The van der Waals surface area contributed by atoms with Crippen LogP contribution in [0.15, 0.2) is 72.9 Å². The summed E-state index contributed by atoms with van der Waals surface area (Å²) >= 11 is 0. The van der Waals surface area contributed by atoms with Gasteiger partial charge in [0.15, 0.2) is 0 Å². The van der Waals surface area contributed by atoms with Crippen LogP contribution >= 0.6 is 0 Å². The van der Waals surface area contributed by atoms with Gasteiger partial charge in [-0.05, 0) is 54.8 Å². The molecule has 1 fully saturated rings. The second-order valence-electron chi connectivity index (χ2n) is 8.37. The SMILES string of the molecule is O=C(NCc1ccc(Oc2ccc(F)cc2)nc1)C1CCCN(C(=O)CCOc2ccccc2)C1. The molecule has 1 atom stereocenters. The van der Waals surface area contributed by atoms with Crippen molar-refractivity contribution >= 4 is 11.8 Å². The highest BCUT2D eigenvalue weighted by molar-refractivity contribution is 5.81. The minimum absolute atomic E-state index is 0.000579. The summed E-state index contributed by atoms with van der Waals surface area (Å²) in [5, 5.41) is 2.94. The number of rotatable bonds is 9. The molecule has 35 heavy (non-hydrogen) atoms. The monoisotopic (exact) mass is 477 g/mol. The lowest BCUT2D eigenvalue weighted by Crippen LogP contribution is -2.45. The molecule has 1 aromatic heterocycles. The number of piperidine rings is 1. The zero-order valence-electron chi connectivity index (χ0n) is 19.4. The first-order valence-electron chi connectivity index (χ1n) is 11.7. The molecule has 1 N–H and O–H groups in total. The van der Waals surface area contributed by atoms with E-state index in [0.717, 1.165) is 24.2 Å². The van der Waals surface area contributed by atoms with Gasteiger partial charge < -0.3 is 19.7 Å². The molecule has 8 heteroatoms. The molecule has 7 nitrogen and oxygen atoms in total. The number of benzene rings is 2. The van der Waals surface area contributed by atoms with Crippen LogP contribution in [-0.4, -0.2) is 41.4 Å². The number of halogens is 1. The molecule has 0 spiro atoms. The van der Waals surface area contributed by atoms with Crippen molar-refractivity contribution in [3.63, 3.8) is 0 Å². The van der Waals surface area contributed by atoms with E-state index in [4.69, 9.17) is 9.47 Å². The van der Waals surface area contributed by atoms with E-state index < -0.39 is 0 Å². The van der Waals surface area contributed by atoms with Gasteiger partial charge in [0.05, 0.1) is 18.9 Å². The van der Waals surface area contributed by atoms with Gasteiger partial charge in [0, 0.05) is 31.9 Å². The molecule has 0 aliphatic carbocycles. The summed E-state index contributed by atoms with van der Waals surface area (Å²) in [6, 6.07) is 18.6. The number of carbonyl (C=O) groups is 2. The lowest BCUT2D eigenvalue weighted by molar-refractivity contribution is -0.136. The maximum absolute atomic E-state index is 13.0. The second-order valence-corrected chi connectivity index (χ2v) is 8.37. The quantitative estimate of drug-likeness (QED) is 0.496. The molecule has 182 valence electrons. The van der Waals surface area contributed by atoms with Crippen molar-refractivity contribution < 1.29 is 23.5 Å². The van der Waals surface area contributed by atoms with E-state index in [1.807, 2.05) is 36.4 Å². The predicted octanol–water partition coefficient (Wildman–Crippen LogP) is 4.34. The van der Waals surface area contributed by atoms with Gasteiger partial charge in [-0.25, -0.2) is 9.37 Å². The third-order valence-corrected chi connectivity index (χ3v) is 5.77. The number of likely N-dealkylation sites (tertiary alicyclic amines) is 1. The zero-order chi connectivity index (χ0) is 24.5. The molecule has 2 aromatic carbocycles. The van der Waals surface area contributed by atoms with E-state index >= 15 is 0 Å². The summed E-state index contributed by atoms with van der Waals surface area (Å²) < 4.78 is 24.2. The summed E-state index contributed by atoms with van der Waals surface area (Å²) in [4.78, 5) is 31.3. The fraction of sp³-hybridized carbons (Fsp3) is 0.296. The van der Waals surface area contributed by atoms with E-state index in [2.05, 4.69) is 10.3 Å². The number of ether oxygens (including phenoxy) is 2. The van der Waals surface area contributed by atoms with Crippen molar-refractivity contribution in [3.8, 4) is 17.4 Å². The standard InChI is InChI=1S/C27H28FN3O4/c28-22-9-11-24(12-10-22)35-25-13-8-20(17-29-25)18-30-27(33)21-5-4-15-31(19-21)26(32)14-16-34-23-6-2-1-3-7-23/h1-3,6-13,17,21H,4-5,14-16,18-19H2,(H,30,33). The Morgan fingerprint density at radius 2 is 1.83 bits per heavy atom. The predicted molar refractivity (Wildman–Crippen MR) is 128 cm³/mol. The van der Waals surface area contributed by atoms with Crippen LogP contribution in [0.25, 0.3) is 0 Å². The van der Waals surface area contributed by atoms with E-state index in [0.29, 0.717) is 37.9 Å². The first-order chi connectivity index (χ1) is 17.1. The number of hydrogen-bond acceptors (Lipinski definition) is 5. The van der Waals surface area contributed by atoms with Crippen molar-refractivity contribution in [1.82, 2.24) is 15.2 Å². The number of nitrogens with zero attached hydrogens (tertiary/aromatic N) is 2. The van der Waals surface area contributed by atoms with E-state index in [1.54, 1.807) is 17.2 Å². The van der Waals surface area contributed by atoms with Crippen molar-refractivity contribution in [2.24, 2.45) is 5.92 Å². The van der Waals surface area contributed by atoms with Crippen LogP contribution in [0.2, 0.25) is 0 Å². The lowest BCUT2D eigenvalue weighted by Gasteiger charge is -2.32. The Kier molecular flexibility index (Phi) is 8.27. The normalized spacial score (nSPS) is 15.3. The lowest BCUT2D eigenvalue weighted by atomic mass is 9.96. The molecule has 1 unspecified atom stereocenters. The second kappa shape index (κ2) is 12.0. The van der Waals surface area contributed by atoms with Crippen LogP contribution in [0.3, 0.4) is 0 Å². The fourth-order valence-electron chi connectivity index (χ4n) is 3.88. The number of hydrogen-bond donors (Lipinski definition) is 1. The van der Waals surface area contributed by atoms with Gasteiger partial charge in [-0.15, -0.1) is 0 Å². The van der Waals surface area contributed by atoms with Gasteiger partial charge in [-0.1, -0.05) is 24.3 Å². The highest BCUT2D eigenvalue weighted by atomic mass is 19.1. The Labute approximate surface area is 203 Å². The molecule has 2 amide bonds. The van der Waals surface area contributed by atoms with Crippen LogP contribution in [0.1, 0.15) is 24.8 Å². The molecular weight excluding hydrogens is 449 g/mol. The summed E-state index contributed by atoms with van der Waals surface area (Å²) in [7, 11) is 0. The Balaban J connectivity index is 1.20. The molecular formula is C27H28FN3O4. The number of para-hydroxylation sites is 1. The van der Waals surface area contributed by atoms with Gasteiger partial charge in [0.1, 0.15) is 17.3 Å². The van der Waals surface area contributed by atoms with Crippen molar-refractivity contribution in [2.75, 3.05) is 19.7 Å². The Bertz CT molecular complexity index is 1110. The maximum Gasteiger partial charge on any atom is 0.226 e.